The van der Waals surface area contributed by atoms with Gasteiger partial charge in [0, 0.05) is 12.6 Å². The van der Waals surface area contributed by atoms with Crippen LogP contribution in [0.2, 0.25) is 0 Å². The smallest absolute Gasteiger partial charge is 0.265 e. The standard InChI is InChI=1S/C27H23N3O2S/c1-19-9-5-6-12-21(19)17-32-24-15-25(30-18-29-22-13-7-8-14-23(22)30)33-26(24)27(31)28-16-20-10-3-2-4-11-20/h2-15,18H,16-17H2,1H3,(H,28,31). The maximum absolute atomic E-state index is 13.2. The van der Waals surface area contributed by atoms with Crippen molar-refractivity contribution >= 4 is 28.3 Å². The number of imidazole rings is 1. The van der Waals surface area contributed by atoms with Crippen LogP contribution in [0.5, 0.6) is 5.75 Å². The summed E-state index contributed by atoms with van der Waals surface area (Å²) < 4.78 is 8.18. The molecule has 5 aromatic rings. The van der Waals surface area contributed by atoms with Crippen LogP contribution in [-0.4, -0.2) is 15.5 Å². The van der Waals surface area contributed by atoms with E-state index in [0.29, 0.717) is 23.8 Å². The number of carbonyl (C=O) groups excluding carboxylic acids is 1. The van der Waals surface area contributed by atoms with Gasteiger partial charge in [-0.2, -0.15) is 0 Å². The zero-order valence-electron chi connectivity index (χ0n) is 18.2. The molecular weight excluding hydrogens is 430 g/mol. The summed E-state index contributed by atoms with van der Waals surface area (Å²) in [5.41, 5.74) is 5.19. The Morgan fingerprint density at radius 1 is 1.00 bits per heavy atom. The second-order valence-corrected chi connectivity index (χ2v) is 8.80. The van der Waals surface area contributed by atoms with Gasteiger partial charge in [-0.3, -0.25) is 9.36 Å². The first kappa shape index (κ1) is 21.0. The number of fused-ring (bicyclic) bond motifs is 1. The van der Waals surface area contributed by atoms with E-state index in [-0.39, 0.29) is 5.91 Å². The van der Waals surface area contributed by atoms with Crippen LogP contribution in [0.4, 0.5) is 0 Å². The molecule has 5 nitrogen and oxygen atoms in total. The molecule has 0 fully saturated rings. The van der Waals surface area contributed by atoms with Gasteiger partial charge in [0.15, 0.2) is 0 Å². The molecule has 2 heterocycles. The lowest BCUT2D eigenvalue weighted by atomic mass is 10.1. The Kier molecular flexibility index (Phi) is 5.91. The first-order valence-electron chi connectivity index (χ1n) is 10.7. The van der Waals surface area contributed by atoms with Gasteiger partial charge in [0.25, 0.3) is 5.91 Å². The minimum Gasteiger partial charge on any atom is -0.487 e. The van der Waals surface area contributed by atoms with Crippen molar-refractivity contribution < 1.29 is 9.53 Å². The van der Waals surface area contributed by atoms with Crippen molar-refractivity contribution in [1.82, 2.24) is 14.9 Å². The molecule has 0 saturated heterocycles. The third kappa shape index (κ3) is 4.52. The van der Waals surface area contributed by atoms with Crippen LogP contribution in [0, 0.1) is 6.92 Å². The zero-order chi connectivity index (χ0) is 22.6. The summed E-state index contributed by atoms with van der Waals surface area (Å²) in [6, 6.07) is 27.8. The lowest BCUT2D eigenvalue weighted by Crippen LogP contribution is -2.22. The van der Waals surface area contributed by atoms with Gasteiger partial charge in [0.1, 0.15) is 28.6 Å². The number of hydrogen-bond donors (Lipinski definition) is 1. The summed E-state index contributed by atoms with van der Waals surface area (Å²) >= 11 is 1.40. The van der Waals surface area contributed by atoms with Crippen LogP contribution in [0.25, 0.3) is 16.0 Å². The molecule has 0 aliphatic carbocycles. The summed E-state index contributed by atoms with van der Waals surface area (Å²) in [5, 5.41) is 3.91. The highest BCUT2D eigenvalue weighted by Crippen LogP contribution is 2.34. The van der Waals surface area contributed by atoms with Crippen LogP contribution in [0.3, 0.4) is 0 Å². The molecular formula is C27H23N3O2S. The largest absolute Gasteiger partial charge is 0.487 e. The lowest BCUT2D eigenvalue weighted by Gasteiger charge is -2.09. The van der Waals surface area contributed by atoms with E-state index in [9.17, 15) is 4.79 Å². The molecule has 0 bridgehead atoms. The van der Waals surface area contributed by atoms with Gasteiger partial charge < -0.3 is 10.1 Å². The van der Waals surface area contributed by atoms with Crippen LogP contribution in [0.15, 0.2) is 91.3 Å². The third-order valence-corrected chi connectivity index (χ3v) is 6.64. The maximum Gasteiger partial charge on any atom is 0.265 e. The van der Waals surface area contributed by atoms with Crippen molar-refractivity contribution in [2.75, 3.05) is 0 Å². The Bertz CT molecular complexity index is 1410. The number of benzene rings is 3. The minimum atomic E-state index is -0.153. The van der Waals surface area contributed by atoms with E-state index < -0.39 is 0 Å². The Morgan fingerprint density at radius 3 is 2.61 bits per heavy atom. The summed E-state index contributed by atoms with van der Waals surface area (Å²) in [7, 11) is 0. The number of carbonyl (C=O) groups is 1. The van der Waals surface area contributed by atoms with E-state index in [1.165, 1.54) is 11.3 Å². The maximum atomic E-state index is 13.2. The Morgan fingerprint density at radius 2 is 1.76 bits per heavy atom. The third-order valence-electron chi connectivity index (χ3n) is 5.52. The monoisotopic (exact) mass is 453 g/mol. The van der Waals surface area contributed by atoms with E-state index >= 15 is 0 Å². The number of aromatic nitrogens is 2. The highest BCUT2D eigenvalue weighted by molar-refractivity contribution is 7.16. The summed E-state index contributed by atoms with van der Waals surface area (Å²) in [4.78, 5) is 18.2. The fourth-order valence-electron chi connectivity index (χ4n) is 3.67. The molecule has 5 rings (SSSR count). The average molecular weight is 454 g/mol. The van der Waals surface area contributed by atoms with Crippen LogP contribution in [0.1, 0.15) is 26.4 Å². The molecule has 1 N–H and O–H groups in total. The summed E-state index contributed by atoms with van der Waals surface area (Å²) in [6.45, 7) is 2.91. The molecule has 6 heteroatoms. The van der Waals surface area contributed by atoms with Crippen molar-refractivity contribution in [2.45, 2.75) is 20.1 Å². The average Bonchev–Trinajstić information content (AvgIpc) is 3.47. The lowest BCUT2D eigenvalue weighted by molar-refractivity contribution is 0.0951. The van der Waals surface area contributed by atoms with Gasteiger partial charge in [-0.05, 0) is 35.7 Å². The van der Waals surface area contributed by atoms with E-state index in [2.05, 4.69) is 23.3 Å². The second-order valence-electron chi connectivity index (χ2n) is 7.76. The van der Waals surface area contributed by atoms with Crippen molar-refractivity contribution in [3.63, 3.8) is 0 Å². The normalized spacial score (nSPS) is 10.9. The summed E-state index contributed by atoms with van der Waals surface area (Å²) in [6.07, 6.45) is 1.78. The van der Waals surface area contributed by atoms with Gasteiger partial charge in [-0.15, -0.1) is 11.3 Å². The molecule has 0 radical (unpaired) electrons. The number of hydrogen-bond acceptors (Lipinski definition) is 4. The molecule has 0 saturated carbocycles. The zero-order valence-corrected chi connectivity index (χ0v) is 19.0. The molecule has 3 aromatic carbocycles. The van der Waals surface area contributed by atoms with Crippen molar-refractivity contribution in [2.24, 2.45) is 0 Å². The molecule has 0 aliphatic rings. The van der Waals surface area contributed by atoms with Gasteiger partial charge in [0.2, 0.25) is 0 Å². The fraction of sp³-hybridized carbons (Fsp3) is 0.111. The number of thiophene rings is 1. The Labute approximate surface area is 196 Å². The number of nitrogens with one attached hydrogen (secondary N) is 1. The number of ether oxygens (including phenoxy) is 1. The van der Waals surface area contributed by atoms with E-state index in [1.54, 1.807) is 6.33 Å². The molecule has 0 unspecified atom stereocenters. The Balaban J connectivity index is 1.45. The van der Waals surface area contributed by atoms with Crippen LogP contribution < -0.4 is 10.1 Å². The van der Waals surface area contributed by atoms with E-state index in [0.717, 1.165) is 32.7 Å². The fourth-order valence-corrected chi connectivity index (χ4v) is 4.67. The molecule has 2 aromatic heterocycles. The molecule has 164 valence electrons. The van der Waals surface area contributed by atoms with Crippen LogP contribution >= 0.6 is 11.3 Å². The number of rotatable bonds is 7. The molecule has 0 atom stereocenters. The minimum absolute atomic E-state index is 0.153. The van der Waals surface area contributed by atoms with Gasteiger partial charge >= 0.3 is 0 Å². The van der Waals surface area contributed by atoms with E-state index in [4.69, 9.17) is 4.74 Å². The summed E-state index contributed by atoms with van der Waals surface area (Å²) in [5.74, 6) is 0.418. The van der Waals surface area contributed by atoms with Crippen molar-refractivity contribution in [1.29, 1.82) is 0 Å². The topological polar surface area (TPSA) is 56.2 Å². The Hall–Kier alpha value is -3.90. The number of para-hydroxylation sites is 2. The van der Waals surface area contributed by atoms with Gasteiger partial charge in [-0.25, -0.2) is 4.98 Å². The molecule has 0 aliphatic heterocycles. The molecule has 0 spiro atoms. The van der Waals surface area contributed by atoms with E-state index in [1.807, 2.05) is 83.4 Å². The number of amides is 1. The number of nitrogens with zero attached hydrogens (tertiary/aromatic N) is 2. The first-order chi connectivity index (χ1) is 16.2. The first-order valence-corrected chi connectivity index (χ1v) is 11.6. The second kappa shape index (κ2) is 9.30. The number of aryl methyl sites for hydroxylation is 1. The molecule has 1 amide bonds. The molecule has 33 heavy (non-hydrogen) atoms. The van der Waals surface area contributed by atoms with Crippen LogP contribution in [-0.2, 0) is 13.2 Å². The highest BCUT2D eigenvalue weighted by atomic mass is 32.1. The van der Waals surface area contributed by atoms with Crippen molar-refractivity contribution in [3.05, 3.63) is 113 Å². The SMILES string of the molecule is Cc1ccccc1COc1cc(-n2cnc3ccccc32)sc1C(=O)NCc1ccccc1. The van der Waals surface area contributed by atoms with Gasteiger partial charge in [-0.1, -0.05) is 66.7 Å². The van der Waals surface area contributed by atoms with Gasteiger partial charge in [0.05, 0.1) is 11.0 Å². The quantitative estimate of drug-likeness (QED) is 0.334. The predicted molar refractivity (Wildman–Crippen MR) is 132 cm³/mol. The predicted octanol–water partition coefficient (Wildman–Crippen LogP) is 5.90. The van der Waals surface area contributed by atoms with Crippen molar-refractivity contribution in [3.8, 4) is 10.8 Å². The highest BCUT2D eigenvalue weighted by Gasteiger charge is 2.20.